The molecule has 102 valence electrons. The number of nitrogens with two attached hydrogens (primary N) is 1. The maximum Gasteiger partial charge on any atom is 0.212 e. The largest absolute Gasteiger partial charge is 0.493 e. The maximum absolute atomic E-state index is 9.63. The van der Waals surface area contributed by atoms with E-state index in [0.717, 1.165) is 16.5 Å². The zero-order chi connectivity index (χ0) is 14.4. The van der Waals surface area contributed by atoms with Crippen LogP contribution in [0.25, 0.3) is 27.6 Å². The topological polar surface area (TPSA) is 77.0 Å². The van der Waals surface area contributed by atoms with Gasteiger partial charge >= 0.3 is 0 Å². The molecule has 2 heterocycles. The number of fused-ring (bicyclic) bond motifs is 2. The number of benzene rings is 2. The molecule has 0 bridgehead atoms. The van der Waals surface area contributed by atoms with E-state index in [1.807, 2.05) is 42.5 Å². The van der Waals surface area contributed by atoms with Crippen molar-refractivity contribution >= 4 is 27.9 Å². The molecule has 2 aromatic carbocycles. The van der Waals surface area contributed by atoms with Gasteiger partial charge in [0.1, 0.15) is 5.52 Å². The molecule has 4 rings (SSSR count). The van der Waals surface area contributed by atoms with Gasteiger partial charge in [-0.1, -0.05) is 36.4 Å². The Balaban J connectivity index is 2.14. The summed E-state index contributed by atoms with van der Waals surface area (Å²) >= 11 is 0. The molecule has 5 nitrogen and oxygen atoms in total. The molecule has 0 aliphatic carbocycles. The Hall–Kier alpha value is -3.08. The Morgan fingerprint density at radius 2 is 1.71 bits per heavy atom. The fourth-order valence-electron chi connectivity index (χ4n) is 2.61. The number of hydrogen-bond acceptors (Lipinski definition) is 4. The second kappa shape index (κ2) is 4.21. The number of imidazole rings is 1. The van der Waals surface area contributed by atoms with Crippen molar-refractivity contribution in [2.24, 2.45) is 0 Å². The molecular formula is C16H12N4O. The van der Waals surface area contributed by atoms with Gasteiger partial charge in [-0.25, -0.2) is 4.98 Å². The molecule has 0 unspecified atom stereocenters. The van der Waals surface area contributed by atoms with Crippen molar-refractivity contribution in [3.63, 3.8) is 0 Å². The summed E-state index contributed by atoms with van der Waals surface area (Å²) in [4.78, 5) is 8.46. The van der Waals surface area contributed by atoms with Crippen molar-refractivity contribution in [1.29, 1.82) is 0 Å². The third kappa shape index (κ3) is 1.71. The van der Waals surface area contributed by atoms with Gasteiger partial charge in [-0.3, -0.25) is 4.57 Å². The highest BCUT2D eigenvalue weighted by atomic mass is 16.3. The van der Waals surface area contributed by atoms with E-state index in [-0.39, 0.29) is 5.88 Å². The summed E-state index contributed by atoms with van der Waals surface area (Å²) in [7, 11) is 0. The van der Waals surface area contributed by atoms with Crippen LogP contribution in [0, 0.1) is 0 Å². The highest BCUT2D eigenvalue weighted by molar-refractivity contribution is 5.92. The molecule has 0 aliphatic heterocycles. The minimum Gasteiger partial charge on any atom is -0.493 e. The number of aromatic hydroxyl groups is 1. The Morgan fingerprint density at radius 1 is 0.905 bits per heavy atom. The molecule has 2 aromatic heterocycles. The van der Waals surface area contributed by atoms with Crippen molar-refractivity contribution in [2.45, 2.75) is 0 Å². The van der Waals surface area contributed by atoms with E-state index in [2.05, 4.69) is 9.97 Å². The summed E-state index contributed by atoms with van der Waals surface area (Å²) in [6, 6.07) is 17.2. The third-order valence-electron chi connectivity index (χ3n) is 3.52. The first-order valence-corrected chi connectivity index (χ1v) is 6.56. The summed E-state index contributed by atoms with van der Waals surface area (Å²) in [6.07, 6.45) is 0. The second-order valence-electron chi connectivity index (χ2n) is 4.82. The lowest BCUT2D eigenvalue weighted by atomic mass is 10.1. The summed E-state index contributed by atoms with van der Waals surface area (Å²) in [5.41, 5.74) is 8.15. The molecule has 5 heteroatoms. The van der Waals surface area contributed by atoms with E-state index in [4.69, 9.17) is 5.73 Å². The molecule has 0 saturated carbocycles. The SMILES string of the molecule is Nc1nc2ccc(O)nc2n1-c1cccc2ccccc12. The lowest BCUT2D eigenvalue weighted by molar-refractivity contribution is 0.455. The van der Waals surface area contributed by atoms with Crippen LogP contribution in [0.1, 0.15) is 0 Å². The minimum atomic E-state index is -0.0520. The van der Waals surface area contributed by atoms with Gasteiger partial charge in [-0.2, -0.15) is 4.98 Å². The van der Waals surface area contributed by atoms with Gasteiger partial charge in [0.15, 0.2) is 5.65 Å². The first kappa shape index (κ1) is 11.7. The molecule has 0 atom stereocenters. The minimum absolute atomic E-state index is 0.0520. The molecule has 21 heavy (non-hydrogen) atoms. The van der Waals surface area contributed by atoms with Gasteiger partial charge in [0.05, 0.1) is 5.69 Å². The van der Waals surface area contributed by atoms with Crippen LogP contribution in [0.3, 0.4) is 0 Å². The number of pyridine rings is 1. The lowest BCUT2D eigenvalue weighted by Gasteiger charge is -2.09. The molecule has 0 spiro atoms. The summed E-state index contributed by atoms with van der Waals surface area (Å²) in [5, 5.41) is 11.8. The Morgan fingerprint density at radius 3 is 2.62 bits per heavy atom. The standard InChI is InChI=1S/C16H12N4O/c17-16-18-12-8-9-14(21)19-15(12)20(16)13-7-3-5-10-4-1-2-6-11(10)13/h1-9H,(H2,17,18)(H,19,21). The highest BCUT2D eigenvalue weighted by Crippen LogP contribution is 2.28. The van der Waals surface area contributed by atoms with Gasteiger partial charge < -0.3 is 10.8 Å². The van der Waals surface area contributed by atoms with E-state index in [1.165, 1.54) is 6.07 Å². The van der Waals surface area contributed by atoms with Crippen molar-refractivity contribution in [3.8, 4) is 11.6 Å². The molecule has 4 aromatic rings. The van der Waals surface area contributed by atoms with Gasteiger partial charge in [-0.05, 0) is 17.5 Å². The van der Waals surface area contributed by atoms with Crippen LogP contribution in [0.5, 0.6) is 5.88 Å². The van der Waals surface area contributed by atoms with E-state index >= 15 is 0 Å². The fourth-order valence-corrected chi connectivity index (χ4v) is 2.61. The van der Waals surface area contributed by atoms with Gasteiger partial charge in [0, 0.05) is 11.5 Å². The fraction of sp³-hybridized carbons (Fsp3) is 0. The van der Waals surface area contributed by atoms with Crippen molar-refractivity contribution in [1.82, 2.24) is 14.5 Å². The number of hydrogen-bond donors (Lipinski definition) is 2. The quantitative estimate of drug-likeness (QED) is 0.560. The number of anilines is 1. The number of rotatable bonds is 1. The summed E-state index contributed by atoms with van der Waals surface area (Å²) < 4.78 is 1.76. The van der Waals surface area contributed by atoms with Crippen molar-refractivity contribution in [3.05, 3.63) is 54.6 Å². The van der Waals surface area contributed by atoms with E-state index in [0.29, 0.717) is 17.1 Å². The van der Waals surface area contributed by atoms with Crippen molar-refractivity contribution in [2.75, 3.05) is 5.73 Å². The van der Waals surface area contributed by atoms with Crippen LogP contribution in [-0.2, 0) is 0 Å². The molecule has 0 fully saturated rings. The number of aromatic nitrogens is 3. The first-order valence-electron chi connectivity index (χ1n) is 6.56. The zero-order valence-electron chi connectivity index (χ0n) is 11.1. The normalized spacial score (nSPS) is 11.2. The summed E-state index contributed by atoms with van der Waals surface area (Å²) in [6.45, 7) is 0. The van der Waals surface area contributed by atoms with Gasteiger partial charge in [0.25, 0.3) is 0 Å². The smallest absolute Gasteiger partial charge is 0.212 e. The number of nitrogens with zero attached hydrogens (tertiary/aromatic N) is 3. The van der Waals surface area contributed by atoms with Crippen LogP contribution in [-0.4, -0.2) is 19.6 Å². The van der Waals surface area contributed by atoms with Crippen LogP contribution >= 0.6 is 0 Å². The summed E-state index contributed by atoms with van der Waals surface area (Å²) in [5.74, 6) is 0.295. The van der Waals surface area contributed by atoms with Crippen LogP contribution in [0.4, 0.5) is 5.95 Å². The van der Waals surface area contributed by atoms with Gasteiger partial charge in [-0.15, -0.1) is 0 Å². The van der Waals surface area contributed by atoms with Crippen molar-refractivity contribution < 1.29 is 5.11 Å². The van der Waals surface area contributed by atoms with Crippen LogP contribution in [0.2, 0.25) is 0 Å². The molecule has 0 amide bonds. The first-order chi connectivity index (χ1) is 10.2. The van der Waals surface area contributed by atoms with Gasteiger partial charge in [0.2, 0.25) is 11.8 Å². The monoisotopic (exact) mass is 276 g/mol. The van der Waals surface area contributed by atoms with E-state index < -0.39 is 0 Å². The molecule has 0 radical (unpaired) electrons. The molecule has 3 N–H and O–H groups in total. The lowest BCUT2D eigenvalue weighted by Crippen LogP contribution is -2.02. The second-order valence-corrected chi connectivity index (χ2v) is 4.82. The predicted octanol–water partition coefficient (Wildman–Crippen LogP) is 2.86. The van der Waals surface area contributed by atoms with Crippen LogP contribution < -0.4 is 5.73 Å². The Labute approximate surface area is 120 Å². The number of nitrogen functional groups attached to an aromatic ring is 1. The highest BCUT2D eigenvalue weighted by Gasteiger charge is 2.13. The average Bonchev–Trinajstić information content (AvgIpc) is 2.82. The molecule has 0 saturated heterocycles. The van der Waals surface area contributed by atoms with E-state index in [9.17, 15) is 5.11 Å². The molecular weight excluding hydrogens is 264 g/mol. The Kier molecular flexibility index (Phi) is 2.35. The predicted molar refractivity (Wildman–Crippen MR) is 82.4 cm³/mol. The maximum atomic E-state index is 9.63. The van der Waals surface area contributed by atoms with Crippen LogP contribution in [0.15, 0.2) is 54.6 Å². The average molecular weight is 276 g/mol. The molecule has 0 aliphatic rings. The van der Waals surface area contributed by atoms with E-state index in [1.54, 1.807) is 10.6 Å². The zero-order valence-corrected chi connectivity index (χ0v) is 11.1. The Bertz CT molecular complexity index is 969. The third-order valence-corrected chi connectivity index (χ3v) is 3.52.